The first-order chi connectivity index (χ1) is 8.70. The van der Waals surface area contributed by atoms with Crippen LogP contribution in [-0.4, -0.2) is 25.9 Å². The molecule has 0 bridgehead atoms. The smallest absolute Gasteiger partial charge is 0.165 e. The van der Waals surface area contributed by atoms with Gasteiger partial charge in [-0.1, -0.05) is 6.07 Å². The van der Waals surface area contributed by atoms with Crippen LogP contribution in [0.5, 0.6) is 5.75 Å². The van der Waals surface area contributed by atoms with Crippen LogP contribution in [0, 0.1) is 5.82 Å². The molecule has 1 aliphatic rings. The molecule has 1 aliphatic heterocycles. The molecule has 1 aromatic carbocycles. The van der Waals surface area contributed by atoms with Crippen molar-refractivity contribution < 1.29 is 13.9 Å². The summed E-state index contributed by atoms with van der Waals surface area (Å²) in [6.45, 7) is 3.60. The maximum Gasteiger partial charge on any atom is 0.165 e. The van der Waals surface area contributed by atoms with E-state index in [9.17, 15) is 4.39 Å². The van der Waals surface area contributed by atoms with E-state index >= 15 is 0 Å². The highest BCUT2D eigenvalue weighted by atomic mass is 19.1. The fourth-order valence-corrected chi connectivity index (χ4v) is 2.23. The van der Waals surface area contributed by atoms with Crippen LogP contribution >= 0.6 is 0 Å². The van der Waals surface area contributed by atoms with Gasteiger partial charge in [0.15, 0.2) is 11.6 Å². The Morgan fingerprint density at radius 1 is 1.56 bits per heavy atom. The van der Waals surface area contributed by atoms with E-state index in [0.717, 1.165) is 25.0 Å². The van der Waals surface area contributed by atoms with Crippen molar-refractivity contribution in [2.24, 2.45) is 0 Å². The van der Waals surface area contributed by atoms with E-state index in [1.807, 2.05) is 6.07 Å². The number of halogens is 1. The van der Waals surface area contributed by atoms with E-state index in [0.29, 0.717) is 6.54 Å². The maximum atomic E-state index is 13.5. The molecule has 0 amide bonds. The SMILES string of the molecule is COc1ccc(CN[C@H](C)[C@H]2CCCO2)cc1F. The Morgan fingerprint density at radius 2 is 2.39 bits per heavy atom. The van der Waals surface area contributed by atoms with Crippen molar-refractivity contribution in [2.45, 2.75) is 38.5 Å². The Labute approximate surface area is 107 Å². The molecular formula is C14H20FNO2. The van der Waals surface area contributed by atoms with Gasteiger partial charge in [0.1, 0.15) is 0 Å². The summed E-state index contributed by atoms with van der Waals surface area (Å²) in [6, 6.07) is 5.33. The van der Waals surface area contributed by atoms with E-state index in [-0.39, 0.29) is 23.7 Å². The average molecular weight is 253 g/mol. The van der Waals surface area contributed by atoms with Crippen molar-refractivity contribution in [1.29, 1.82) is 0 Å². The predicted molar refractivity (Wildman–Crippen MR) is 68.2 cm³/mol. The van der Waals surface area contributed by atoms with Crippen LogP contribution in [0.25, 0.3) is 0 Å². The van der Waals surface area contributed by atoms with Gasteiger partial charge in [0.05, 0.1) is 13.2 Å². The van der Waals surface area contributed by atoms with E-state index in [4.69, 9.17) is 9.47 Å². The van der Waals surface area contributed by atoms with Crippen LogP contribution in [0.4, 0.5) is 4.39 Å². The lowest BCUT2D eigenvalue weighted by Gasteiger charge is -2.20. The molecule has 18 heavy (non-hydrogen) atoms. The molecule has 0 radical (unpaired) electrons. The Bertz CT molecular complexity index is 391. The molecule has 1 saturated heterocycles. The molecule has 0 spiro atoms. The molecular weight excluding hydrogens is 233 g/mol. The van der Waals surface area contributed by atoms with Gasteiger partial charge in [-0.25, -0.2) is 4.39 Å². The Kier molecular flexibility index (Phi) is 4.55. The highest BCUT2D eigenvalue weighted by Crippen LogP contribution is 2.19. The standard InChI is InChI=1S/C14H20FNO2/c1-10(13-4-3-7-18-13)16-9-11-5-6-14(17-2)12(15)8-11/h5-6,8,10,13,16H,3-4,7,9H2,1-2H3/t10-,13-/m1/s1. The monoisotopic (exact) mass is 253 g/mol. The second kappa shape index (κ2) is 6.16. The molecule has 0 unspecified atom stereocenters. The Balaban J connectivity index is 1.87. The predicted octanol–water partition coefficient (Wildman–Crippen LogP) is 2.49. The van der Waals surface area contributed by atoms with Gasteiger partial charge >= 0.3 is 0 Å². The molecule has 0 aromatic heterocycles. The van der Waals surface area contributed by atoms with E-state index in [1.54, 1.807) is 6.07 Å². The van der Waals surface area contributed by atoms with Crippen LogP contribution in [0.3, 0.4) is 0 Å². The summed E-state index contributed by atoms with van der Waals surface area (Å²) in [5.74, 6) is -0.0347. The minimum Gasteiger partial charge on any atom is -0.494 e. The van der Waals surface area contributed by atoms with Gasteiger partial charge in [-0.15, -0.1) is 0 Å². The average Bonchev–Trinajstić information content (AvgIpc) is 2.90. The normalized spacial score (nSPS) is 20.9. The zero-order valence-corrected chi connectivity index (χ0v) is 10.9. The number of methoxy groups -OCH3 is 1. The fourth-order valence-electron chi connectivity index (χ4n) is 2.23. The van der Waals surface area contributed by atoms with Crippen molar-refractivity contribution in [3.8, 4) is 5.75 Å². The minimum absolute atomic E-state index is 0.283. The first-order valence-electron chi connectivity index (χ1n) is 6.38. The van der Waals surface area contributed by atoms with E-state index in [2.05, 4.69) is 12.2 Å². The van der Waals surface area contributed by atoms with Crippen molar-refractivity contribution in [3.63, 3.8) is 0 Å². The third-order valence-electron chi connectivity index (χ3n) is 3.37. The van der Waals surface area contributed by atoms with Crippen molar-refractivity contribution >= 4 is 0 Å². The summed E-state index contributed by atoms with van der Waals surface area (Å²) in [6.07, 6.45) is 2.52. The van der Waals surface area contributed by atoms with Crippen molar-refractivity contribution in [2.75, 3.05) is 13.7 Å². The fraction of sp³-hybridized carbons (Fsp3) is 0.571. The van der Waals surface area contributed by atoms with Gasteiger partial charge < -0.3 is 14.8 Å². The zero-order valence-electron chi connectivity index (χ0n) is 10.9. The zero-order chi connectivity index (χ0) is 13.0. The molecule has 1 fully saturated rings. The molecule has 1 aromatic rings. The number of hydrogen-bond acceptors (Lipinski definition) is 3. The molecule has 2 atom stereocenters. The Morgan fingerprint density at radius 3 is 3.00 bits per heavy atom. The highest BCUT2D eigenvalue weighted by Gasteiger charge is 2.21. The van der Waals surface area contributed by atoms with Crippen molar-refractivity contribution in [1.82, 2.24) is 5.32 Å². The lowest BCUT2D eigenvalue weighted by atomic mass is 10.1. The van der Waals surface area contributed by atoms with Gasteiger partial charge in [-0.05, 0) is 37.5 Å². The van der Waals surface area contributed by atoms with E-state index < -0.39 is 0 Å². The molecule has 1 N–H and O–H groups in total. The first kappa shape index (κ1) is 13.3. The number of benzene rings is 1. The minimum atomic E-state index is -0.318. The summed E-state index contributed by atoms with van der Waals surface area (Å²) in [7, 11) is 1.47. The molecule has 3 nitrogen and oxygen atoms in total. The van der Waals surface area contributed by atoms with Crippen LogP contribution in [-0.2, 0) is 11.3 Å². The van der Waals surface area contributed by atoms with Crippen LogP contribution in [0.2, 0.25) is 0 Å². The second-order valence-electron chi connectivity index (χ2n) is 4.69. The van der Waals surface area contributed by atoms with Crippen LogP contribution in [0.15, 0.2) is 18.2 Å². The number of nitrogens with one attached hydrogen (secondary N) is 1. The molecule has 2 rings (SSSR count). The molecule has 1 heterocycles. The van der Waals surface area contributed by atoms with Gasteiger partial charge in [0.2, 0.25) is 0 Å². The third kappa shape index (κ3) is 3.21. The van der Waals surface area contributed by atoms with Gasteiger partial charge in [-0.2, -0.15) is 0 Å². The molecule has 100 valence electrons. The molecule has 0 saturated carbocycles. The molecule has 0 aliphatic carbocycles. The lowest BCUT2D eigenvalue weighted by Crippen LogP contribution is -2.36. The largest absolute Gasteiger partial charge is 0.494 e. The second-order valence-corrected chi connectivity index (χ2v) is 4.69. The van der Waals surface area contributed by atoms with Gasteiger partial charge in [0, 0.05) is 19.2 Å². The maximum absolute atomic E-state index is 13.5. The van der Waals surface area contributed by atoms with Crippen molar-refractivity contribution in [3.05, 3.63) is 29.6 Å². The molecule has 4 heteroatoms. The summed E-state index contributed by atoms with van der Waals surface area (Å²) in [5.41, 5.74) is 0.915. The Hall–Kier alpha value is -1.13. The summed E-state index contributed by atoms with van der Waals surface area (Å²) in [4.78, 5) is 0. The topological polar surface area (TPSA) is 30.5 Å². The summed E-state index contributed by atoms with van der Waals surface area (Å²) in [5, 5.41) is 3.37. The highest BCUT2D eigenvalue weighted by molar-refractivity contribution is 5.29. The summed E-state index contributed by atoms with van der Waals surface area (Å²) < 4.78 is 24.0. The third-order valence-corrected chi connectivity index (χ3v) is 3.37. The van der Waals surface area contributed by atoms with Gasteiger partial charge in [-0.3, -0.25) is 0 Å². The van der Waals surface area contributed by atoms with Gasteiger partial charge in [0.25, 0.3) is 0 Å². The van der Waals surface area contributed by atoms with Crippen LogP contribution < -0.4 is 10.1 Å². The summed E-state index contributed by atoms with van der Waals surface area (Å²) >= 11 is 0. The quantitative estimate of drug-likeness (QED) is 0.874. The lowest BCUT2D eigenvalue weighted by molar-refractivity contribution is 0.0832. The number of hydrogen-bond donors (Lipinski definition) is 1. The van der Waals surface area contributed by atoms with Crippen LogP contribution in [0.1, 0.15) is 25.3 Å². The first-order valence-corrected chi connectivity index (χ1v) is 6.38. The van der Waals surface area contributed by atoms with E-state index in [1.165, 1.54) is 13.2 Å². The number of rotatable bonds is 5. The number of ether oxygens (including phenoxy) is 2.